The van der Waals surface area contributed by atoms with E-state index in [9.17, 15) is 26.0 Å². The zero-order chi connectivity index (χ0) is 16.4. The van der Waals surface area contributed by atoms with Crippen LogP contribution in [-0.4, -0.2) is 28.1 Å². The van der Waals surface area contributed by atoms with Crippen molar-refractivity contribution < 1.29 is 26.0 Å². The quantitative estimate of drug-likeness (QED) is 0.826. The molecule has 1 aromatic rings. The summed E-state index contributed by atoms with van der Waals surface area (Å²) >= 11 is 0. The Kier molecular flexibility index (Phi) is 5.08. The van der Waals surface area contributed by atoms with Gasteiger partial charge in [-0.05, 0) is 50.0 Å². The summed E-state index contributed by atoms with van der Waals surface area (Å²) in [5.41, 5.74) is -1.59. The molecule has 1 atom stereocenters. The third-order valence-electron chi connectivity index (χ3n) is 3.51. The molecule has 1 fully saturated rings. The summed E-state index contributed by atoms with van der Waals surface area (Å²) in [6.45, 7) is 1.66. The molecule has 1 aliphatic rings. The fourth-order valence-electron chi connectivity index (χ4n) is 2.30. The van der Waals surface area contributed by atoms with E-state index in [1.54, 1.807) is 0 Å². The minimum Gasteiger partial charge on any atom is -0.316 e. The Hall–Kier alpha value is -1.19. The molecule has 2 rings (SSSR count). The molecule has 0 aromatic heterocycles. The first-order chi connectivity index (χ1) is 10.2. The van der Waals surface area contributed by atoms with Gasteiger partial charge in [0.05, 0.1) is 10.5 Å². The van der Waals surface area contributed by atoms with Gasteiger partial charge in [0.15, 0.2) is 0 Å². The summed E-state index contributed by atoms with van der Waals surface area (Å²) in [7, 11) is -4.10. The number of rotatable bonds is 4. The van der Waals surface area contributed by atoms with Crippen molar-refractivity contribution in [2.45, 2.75) is 23.9 Å². The molecule has 124 valence electrons. The van der Waals surface area contributed by atoms with Crippen LogP contribution in [0.5, 0.6) is 0 Å². The van der Waals surface area contributed by atoms with E-state index in [1.165, 1.54) is 0 Å². The topological polar surface area (TPSA) is 58.2 Å². The SMILES string of the molecule is O=S(=O)(NCC1CCCNC1)c1ccc(F)c(C(F)(F)F)c1. The molecule has 4 nitrogen and oxygen atoms in total. The Labute approximate surface area is 126 Å². The number of sulfonamides is 1. The second-order valence-corrected chi connectivity index (χ2v) is 6.97. The maximum Gasteiger partial charge on any atom is 0.419 e. The Morgan fingerprint density at radius 1 is 1.32 bits per heavy atom. The molecule has 0 radical (unpaired) electrons. The van der Waals surface area contributed by atoms with Crippen LogP contribution < -0.4 is 10.0 Å². The van der Waals surface area contributed by atoms with Gasteiger partial charge in [0.1, 0.15) is 5.82 Å². The summed E-state index contributed by atoms with van der Waals surface area (Å²) in [4.78, 5) is -0.593. The van der Waals surface area contributed by atoms with Crippen LogP contribution in [0.4, 0.5) is 17.6 Å². The molecule has 2 N–H and O–H groups in total. The Bertz CT molecular complexity index is 625. The van der Waals surface area contributed by atoms with Crippen molar-refractivity contribution >= 4 is 10.0 Å². The third-order valence-corrected chi connectivity index (χ3v) is 4.94. The first-order valence-corrected chi connectivity index (χ1v) is 8.25. The summed E-state index contributed by atoms with van der Waals surface area (Å²) < 4.78 is 77.5. The lowest BCUT2D eigenvalue weighted by Crippen LogP contribution is -2.38. The molecule has 0 spiro atoms. The van der Waals surface area contributed by atoms with Crippen molar-refractivity contribution in [2.24, 2.45) is 5.92 Å². The van der Waals surface area contributed by atoms with Gasteiger partial charge in [-0.15, -0.1) is 0 Å². The molecule has 1 aliphatic heterocycles. The first kappa shape index (κ1) is 17.2. The summed E-state index contributed by atoms with van der Waals surface area (Å²) in [5, 5.41) is 3.11. The summed E-state index contributed by atoms with van der Waals surface area (Å²) in [6, 6.07) is 1.66. The predicted octanol–water partition coefficient (Wildman–Crippen LogP) is 2.12. The van der Waals surface area contributed by atoms with Crippen molar-refractivity contribution in [3.63, 3.8) is 0 Å². The van der Waals surface area contributed by atoms with Gasteiger partial charge in [-0.2, -0.15) is 13.2 Å². The zero-order valence-corrected chi connectivity index (χ0v) is 12.4. The molecule has 9 heteroatoms. The second kappa shape index (κ2) is 6.51. The van der Waals surface area contributed by atoms with Gasteiger partial charge < -0.3 is 5.32 Å². The van der Waals surface area contributed by atoms with E-state index in [0.717, 1.165) is 25.5 Å². The van der Waals surface area contributed by atoms with Gasteiger partial charge in [-0.25, -0.2) is 17.5 Å². The largest absolute Gasteiger partial charge is 0.419 e. The van der Waals surface area contributed by atoms with Gasteiger partial charge >= 0.3 is 6.18 Å². The van der Waals surface area contributed by atoms with Gasteiger partial charge in [-0.1, -0.05) is 0 Å². The van der Waals surface area contributed by atoms with E-state index in [2.05, 4.69) is 10.0 Å². The number of hydrogen-bond donors (Lipinski definition) is 2. The second-order valence-electron chi connectivity index (χ2n) is 5.20. The minimum atomic E-state index is -4.94. The van der Waals surface area contributed by atoms with Crippen molar-refractivity contribution in [3.05, 3.63) is 29.6 Å². The highest BCUT2D eigenvalue weighted by atomic mass is 32.2. The van der Waals surface area contributed by atoms with Crippen LogP contribution in [0.2, 0.25) is 0 Å². The van der Waals surface area contributed by atoms with Crippen LogP contribution >= 0.6 is 0 Å². The van der Waals surface area contributed by atoms with E-state index in [1.807, 2.05) is 0 Å². The molecule has 0 saturated carbocycles. The highest BCUT2D eigenvalue weighted by Gasteiger charge is 2.35. The molecule has 0 amide bonds. The minimum absolute atomic E-state index is 0.0889. The Morgan fingerprint density at radius 3 is 2.64 bits per heavy atom. The van der Waals surface area contributed by atoms with Gasteiger partial charge in [0, 0.05) is 6.54 Å². The lowest BCUT2D eigenvalue weighted by atomic mass is 10.0. The average Bonchev–Trinajstić information content (AvgIpc) is 2.45. The van der Waals surface area contributed by atoms with E-state index >= 15 is 0 Å². The molecule has 1 saturated heterocycles. The molecule has 22 heavy (non-hydrogen) atoms. The van der Waals surface area contributed by atoms with Gasteiger partial charge in [0.2, 0.25) is 10.0 Å². The van der Waals surface area contributed by atoms with Crippen LogP contribution in [0.1, 0.15) is 18.4 Å². The maximum absolute atomic E-state index is 13.2. The van der Waals surface area contributed by atoms with E-state index in [4.69, 9.17) is 0 Å². The number of nitrogens with one attached hydrogen (secondary N) is 2. The third kappa shape index (κ3) is 4.17. The lowest BCUT2D eigenvalue weighted by Gasteiger charge is -2.22. The molecule has 0 aliphatic carbocycles. The van der Waals surface area contributed by atoms with Crippen LogP contribution in [0.3, 0.4) is 0 Å². The van der Waals surface area contributed by atoms with Crippen molar-refractivity contribution in [1.29, 1.82) is 0 Å². The number of piperidine rings is 1. The lowest BCUT2D eigenvalue weighted by molar-refractivity contribution is -0.140. The van der Waals surface area contributed by atoms with Crippen molar-refractivity contribution in [2.75, 3.05) is 19.6 Å². The van der Waals surface area contributed by atoms with Crippen LogP contribution in [0.25, 0.3) is 0 Å². The normalized spacial score (nSPS) is 20.1. The van der Waals surface area contributed by atoms with Crippen LogP contribution in [0, 0.1) is 11.7 Å². The van der Waals surface area contributed by atoms with Crippen molar-refractivity contribution in [3.8, 4) is 0 Å². The molecule has 1 aromatic carbocycles. The molecule has 1 heterocycles. The number of benzene rings is 1. The molecule has 1 unspecified atom stereocenters. The fourth-order valence-corrected chi connectivity index (χ4v) is 3.44. The highest BCUT2D eigenvalue weighted by molar-refractivity contribution is 7.89. The molecular weight excluding hydrogens is 324 g/mol. The zero-order valence-electron chi connectivity index (χ0n) is 11.6. The number of alkyl halides is 3. The number of halogens is 4. The van der Waals surface area contributed by atoms with E-state index in [0.29, 0.717) is 18.7 Å². The first-order valence-electron chi connectivity index (χ1n) is 6.77. The average molecular weight is 340 g/mol. The Balaban J connectivity index is 2.15. The van der Waals surface area contributed by atoms with E-state index < -0.39 is 32.5 Å². The maximum atomic E-state index is 13.2. The summed E-state index contributed by atoms with van der Waals surface area (Å²) in [5.74, 6) is -1.41. The van der Waals surface area contributed by atoms with Crippen molar-refractivity contribution in [1.82, 2.24) is 10.0 Å². The standard InChI is InChI=1S/C13H16F4N2O2S/c14-12-4-3-10(6-11(12)13(15,16)17)22(20,21)19-8-9-2-1-5-18-7-9/h3-4,6,9,18-19H,1-2,5,7-8H2. The van der Waals surface area contributed by atoms with Crippen LogP contribution in [-0.2, 0) is 16.2 Å². The smallest absolute Gasteiger partial charge is 0.316 e. The fraction of sp³-hybridized carbons (Fsp3) is 0.538. The highest BCUT2D eigenvalue weighted by Crippen LogP contribution is 2.32. The Morgan fingerprint density at radius 2 is 2.05 bits per heavy atom. The predicted molar refractivity (Wildman–Crippen MR) is 72.2 cm³/mol. The number of hydrogen-bond acceptors (Lipinski definition) is 3. The van der Waals surface area contributed by atoms with E-state index in [-0.39, 0.29) is 12.5 Å². The van der Waals surface area contributed by atoms with Crippen LogP contribution in [0.15, 0.2) is 23.1 Å². The monoisotopic (exact) mass is 340 g/mol. The summed E-state index contributed by atoms with van der Waals surface area (Å²) in [6.07, 6.45) is -3.18. The van der Waals surface area contributed by atoms with Gasteiger partial charge in [-0.3, -0.25) is 0 Å². The molecular formula is C13H16F4N2O2S. The molecule has 0 bridgehead atoms. The van der Waals surface area contributed by atoms with Gasteiger partial charge in [0.25, 0.3) is 0 Å².